The van der Waals surface area contributed by atoms with Gasteiger partial charge in [-0.1, -0.05) is 30.4 Å². The predicted molar refractivity (Wildman–Crippen MR) is 115 cm³/mol. The Kier molecular flexibility index (Phi) is 6.93. The van der Waals surface area contributed by atoms with Gasteiger partial charge in [-0.15, -0.1) is 0 Å². The molecule has 1 fully saturated rings. The lowest BCUT2D eigenvalue weighted by Crippen LogP contribution is -2.49. The standard InChI is InChI=1S/C22H33N5/c1-17(2)16-27-13-10-19(11-14-27)26-22(23-3)24-12-6-7-18-15-25-21-9-5-4-8-20(18)21/h4-5,8-9,15,19,25H,1,6-7,10-14,16H2,2-3H3,(H2,23,24,26). The molecule has 0 atom stereocenters. The lowest BCUT2D eigenvalue weighted by Gasteiger charge is -2.33. The first-order valence-corrected chi connectivity index (χ1v) is 10.0. The van der Waals surface area contributed by atoms with Gasteiger partial charge < -0.3 is 15.6 Å². The van der Waals surface area contributed by atoms with Crippen molar-refractivity contribution in [2.45, 2.75) is 38.6 Å². The lowest BCUT2D eigenvalue weighted by molar-refractivity contribution is 0.221. The number of aromatic nitrogens is 1. The Bertz CT molecular complexity index is 768. The number of rotatable bonds is 7. The van der Waals surface area contributed by atoms with Gasteiger partial charge in [-0.2, -0.15) is 0 Å². The van der Waals surface area contributed by atoms with Crippen LogP contribution in [-0.4, -0.2) is 55.1 Å². The van der Waals surface area contributed by atoms with E-state index >= 15 is 0 Å². The van der Waals surface area contributed by atoms with Gasteiger partial charge in [0.2, 0.25) is 0 Å². The normalized spacial score (nSPS) is 16.6. The van der Waals surface area contributed by atoms with Gasteiger partial charge in [0.25, 0.3) is 0 Å². The van der Waals surface area contributed by atoms with Crippen LogP contribution in [0.25, 0.3) is 10.9 Å². The number of hydrogen-bond donors (Lipinski definition) is 3. The van der Waals surface area contributed by atoms with E-state index in [1.54, 1.807) is 0 Å². The van der Waals surface area contributed by atoms with E-state index in [4.69, 9.17) is 0 Å². The van der Waals surface area contributed by atoms with E-state index in [9.17, 15) is 0 Å². The van der Waals surface area contributed by atoms with Gasteiger partial charge in [0.05, 0.1) is 0 Å². The molecule has 0 saturated carbocycles. The molecule has 2 heterocycles. The van der Waals surface area contributed by atoms with Gasteiger partial charge >= 0.3 is 0 Å². The average Bonchev–Trinajstić information content (AvgIpc) is 3.08. The fourth-order valence-electron chi connectivity index (χ4n) is 3.83. The van der Waals surface area contributed by atoms with Crippen LogP contribution in [-0.2, 0) is 6.42 Å². The topological polar surface area (TPSA) is 55.4 Å². The number of likely N-dealkylation sites (tertiary alicyclic amines) is 1. The number of nitrogens with one attached hydrogen (secondary N) is 3. The molecular formula is C22H33N5. The Morgan fingerprint density at radius 2 is 2.07 bits per heavy atom. The summed E-state index contributed by atoms with van der Waals surface area (Å²) < 4.78 is 0. The summed E-state index contributed by atoms with van der Waals surface area (Å²) in [7, 11) is 1.85. The molecule has 3 N–H and O–H groups in total. The minimum absolute atomic E-state index is 0.506. The van der Waals surface area contributed by atoms with Crippen LogP contribution < -0.4 is 10.6 Å². The minimum Gasteiger partial charge on any atom is -0.361 e. The highest BCUT2D eigenvalue weighted by Gasteiger charge is 2.19. The smallest absolute Gasteiger partial charge is 0.191 e. The summed E-state index contributed by atoms with van der Waals surface area (Å²) in [6.45, 7) is 10.3. The zero-order valence-corrected chi connectivity index (χ0v) is 16.7. The van der Waals surface area contributed by atoms with E-state index in [1.165, 1.54) is 22.0 Å². The van der Waals surface area contributed by atoms with Crippen molar-refractivity contribution in [1.29, 1.82) is 0 Å². The largest absolute Gasteiger partial charge is 0.361 e. The van der Waals surface area contributed by atoms with E-state index in [-0.39, 0.29) is 0 Å². The summed E-state index contributed by atoms with van der Waals surface area (Å²) in [5, 5.41) is 8.39. The van der Waals surface area contributed by atoms with Crippen molar-refractivity contribution < 1.29 is 0 Å². The third-order valence-corrected chi connectivity index (χ3v) is 5.24. The van der Waals surface area contributed by atoms with Crippen LogP contribution in [0.4, 0.5) is 0 Å². The molecule has 0 unspecified atom stereocenters. The fraction of sp³-hybridized carbons (Fsp3) is 0.500. The maximum atomic E-state index is 4.39. The van der Waals surface area contributed by atoms with Crippen molar-refractivity contribution in [3.05, 3.63) is 48.2 Å². The van der Waals surface area contributed by atoms with Crippen molar-refractivity contribution >= 4 is 16.9 Å². The predicted octanol–water partition coefficient (Wildman–Crippen LogP) is 3.31. The summed E-state index contributed by atoms with van der Waals surface area (Å²) in [5.74, 6) is 0.923. The van der Waals surface area contributed by atoms with E-state index < -0.39 is 0 Å². The zero-order valence-electron chi connectivity index (χ0n) is 16.7. The SMILES string of the molecule is C=C(C)CN1CCC(NC(=NC)NCCCc2c[nH]c3ccccc23)CC1. The number of para-hydroxylation sites is 1. The van der Waals surface area contributed by atoms with E-state index in [0.717, 1.165) is 57.8 Å². The molecule has 5 heteroatoms. The summed E-state index contributed by atoms with van der Waals surface area (Å²) in [5.41, 5.74) is 3.85. The molecule has 0 bridgehead atoms. The number of hydrogen-bond acceptors (Lipinski definition) is 2. The van der Waals surface area contributed by atoms with Gasteiger partial charge in [-0.3, -0.25) is 9.89 Å². The highest BCUT2D eigenvalue weighted by atomic mass is 15.2. The quantitative estimate of drug-likeness (QED) is 0.305. The first-order valence-electron chi connectivity index (χ1n) is 10.0. The van der Waals surface area contributed by atoms with Crippen LogP contribution >= 0.6 is 0 Å². The second-order valence-corrected chi connectivity index (χ2v) is 7.61. The number of benzene rings is 1. The summed E-state index contributed by atoms with van der Waals surface area (Å²) in [6.07, 6.45) is 6.59. The second-order valence-electron chi connectivity index (χ2n) is 7.61. The number of nitrogens with zero attached hydrogens (tertiary/aromatic N) is 2. The molecule has 1 aromatic carbocycles. The Morgan fingerprint density at radius 1 is 1.30 bits per heavy atom. The Labute approximate surface area is 162 Å². The van der Waals surface area contributed by atoms with E-state index in [0.29, 0.717) is 6.04 Å². The third kappa shape index (κ3) is 5.60. The van der Waals surface area contributed by atoms with Crippen molar-refractivity contribution in [3.8, 4) is 0 Å². The number of aromatic amines is 1. The number of guanidine groups is 1. The third-order valence-electron chi connectivity index (χ3n) is 5.24. The molecule has 3 rings (SSSR count). The molecule has 146 valence electrons. The monoisotopic (exact) mass is 367 g/mol. The minimum atomic E-state index is 0.506. The fourth-order valence-corrected chi connectivity index (χ4v) is 3.83. The van der Waals surface area contributed by atoms with Crippen LogP contribution in [0, 0.1) is 0 Å². The number of H-pyrrole nitrogens is 1. The Balaban J connectivity index is 1.38. The van der Waals surface area contributed by atoms with Crippen LogP contribution in [0.1, 0.15) is 31.7 Å². The first kappa shape index (κ1) is 19.5. The maximum Gasteiger partial charge on any atom is 0.191 e. The maximum absolute atomic E-state index is 4.39. The highest BCUT2D eigenvalue weighted by Crippen LogP contribution is 2.18. The number of piperidine rings is 1. The molecule has 0 radical (unpaired) electrons. The molecular weight excluding hydrogens is 334 g/mol. The van der Waals surface area contributed by atoms with Gasteiger partial charge in [-0.05, 0) is 44.2 Å². The Hall–Kier alpha value is -2.27. The molecule has 27 heavy (non-hydrogen) atoms. The Morgan fingerprint density at radius 3 is 2.81 bits per heavy atom. The van der Waals surface area contributed by atoms with E-state index in [2.05, 4.69) is 69.5 Å². The molecule has 1 aliphatic rings. The second kappa shape index (κ2) is 9.60. The lowest BCUT2D eigenvalue weighted by atomic mass is 10.0. The van der Waals surface area contributed by atoms with E-state index in [1.807, 2.05) is 7.05 Å². The molecule has 0 amide bonds. The first-order chi connectivity index (χ1) is 13.2. The molecule has 1 saturated heterocycles. The summed E-state index contributed by atoms with van der Waals surface area (Å²) in [6, 6.07) is 9.00. The highest BCUT2D eigenvalue weighted by molar-refractivity contribution is 5.83. The molecule has 0 aliphatic carbocycles. The zero-order chi connectivity index (χ0) is 19.1. The average molecular weight is 368 g/mol. The summed E-state index contributed by atoms with van der Waals surface area (Å²) in [4.78, 5) is 10.2. The number of fused-ring (bicyclic) bond motifs is 1. The van der Waals surface area contributed by atoms with Gasteiger partial charge in [-0.25, -0.2) is 0 Å². The molecule has 2 aromatic rings. The number of aryl methyl sites for hydroxylation is 1. The summed E-state index contributed by atoms with van der Waals surface area (Å²) >= 11 is 0. The van der Waals surface area contributed by atoms with Crippen molar-refractivity contribution in [1.82, 2.24) is 20.5 Å². The van der Waals surface area contributed by atoms with Crippen molar-refractivity contribution in [3.63, 3.8) is 0 Å². The van der Waals surface area contributed by atoms with Crippen LogP contribution in [0.3, 0.4) is 0 Å². The number of aliphatic imine (C=N–C) groups is 1. The van der Waals surface area contributed by atoms with Gasteiger partial charge in [0.15, 0.2) is 5.96 Å². The molecule has 0 spiro atoms. The van der Waals surface area contributed by atoms with Crippen molar-refractivity contribution in [2.75, 3.05) is 33.2 Å². The molecule has 1 aromatic heterocycles. The van der Waals surface area contributed by atoms with Crippen LogP contribution in [0.2, 0.25) is 0 Å². The van der Waals surface area contributed by atoms with Crippen LogP contribution in [0.5, 0.6) is 0 Å². The van der Waals surface area contributed by atoms with Gasteiger partial charge in [0, 0.05) is 56.4 Å². The van der Waals surface area contributed by atoms with Crippen LogP contribution in [0.15, 0.2) is 47.6 Å². The molecule has 1 aliphatic heterocycles. The van der Waals surface area contributed by atoms with Crippen molar-refractivity contribution in [2.24, 2.45) is 4.99 Å². The molecule has 5 nitrogen and oxygen atoms in total. The van der Waals surface area contributed by atoms with Gasteiger partial charge in [0.1, 0.15) is 0 Å².